The van der Waals surface area contributed by atoms with E-state index in [4.69, 9.17) is 30.1 Å². The lowest BCUT2D eigenvalue weighted by Crippen LogP contribution is -2.26. The van der Waals surface area contributed by atoms with Gasteiger partial charge in [-0.25, -0.2) is 9.18 Å². The first-order valence-corrected chi connectivity index (χ1v) is 11.2. The molecular weight excluding hydrogens is 440 g/mol. The van der Waals surface area contributed by atoms with E-state index in [0.29, 0.717) is 5.56 Å². The van der Waals surface area contributed by atoms with E-state index in [9.17, 15) is 18.9 Å². The van der Waals surface area contributed by atoms with Crippen LogP contribution in [0, 0.1) is 5.82 Å². The normalized spacial score (nSPS) is 12.4. The first-order chi connectivity index (χ1) is 14.2. The number of aromatic nitrogens is 1. The standard InChI is InChI=1S/C19H22ClFNO7P/c1-4-27-30(25,28-5-2)11-26-19(24)12(3)29-17-7-6-13(8-16(17)23)18-15(21)9-14(20)10-22-18/h6-10,12,23H,4-5,11H2,1-3H3. The second-order valence-corrected chi connectivity index (χ2v) is 8.40. The Morgan fingerprint density at radius 2 is 1.93 bits per heavy atom. The van der Waals surface area contributed by atoms with Crippen LogP contribution < -0.4 is 4.74 Å². The highest BCUT2D eigenvalue weighted by molar-refractivity contribution is 7.53. The summed E-state index contributed by atoms with van der Waals surface area (Å²) in [7, 11) is -3.55. The van der Waals surface area contributed by atoms with E-state index in [1.807, 2.05) is 0 Å². The zero-order valence-corrected chi connectivity index (χ0v) is 18.3. The summed E-state index contributed by atoms with van der Waals surface area (Å²) in [5.74, 6) is -1.85. The number of rotatable bonds is 10. The molecule has 1 atom stereocenters. The van der Waals surface area contributed by atoms with E-state index in [0.717, 1.165) is 6.07 Å². The third-order valence-electron chi connectivity index (χ3n) is 3.69. The molecule has 0 saturated heterocycles. The highest BCUT2D eigenvalue weighted by atomic mass is 35.5. The molecule has 0 aliphatic heterocycles. The Hall–Kier alpha value is -2.19. The number of pyridine rings is 1. The van der Waals surface area contributed by atoms with E-state index in [2.05, 4.69) is 4.98 Å². The average Bonchev–Trinajstić information content (AvgIpc) is 2.68. The molecule has 0 fully saturated rings. The summed E-state index contributed by atoms with van der Waals surface area (Å²) >= 11 is 5.69. The Morgan fingerprint density at radius 3 is 2.50 bits per heavy atom. The van der Waals surface area contributed by atoms with Crippen molar-refractivity contribution in [2.75, 3.05) is 19.6 Å². The van der Waals surface area contributed by atoms with Gasteiger partial charge in [-0.1, -0.05) is 11.6 Å². The van der Waals surface area contributed by atoms with Crippen molar-refractivity contribution in [3.05, 3.63) is 41.3 Å². The van der Waals surface area contributed by atoms with Crippen molar-refractivity contribution >= 4 is 25.2 Å². The van der Waals surface area contributed by atoms with Crippen molar-refractivity contribution in [1.82, 2.24) is 4.98 Å². The van der Waals surface area contributed by atoms with Gasteiger partial charge in [0.25, 0.3) is 0 Å². The first kappa shape index (κ1) is 24.1. The fourth-order valence-electron chi connectivity index (χ4n) is 2.40. The fourth-order valence-corrected chi connectivity index (χ4v) is 3.84. The smallest absolute Gasteiger partial charge is 0.367 e. The number of ether oxygens (including phenoxy) is 2. The number of benzene rings is 1. The number of hydrogen-bond acceptors (Lipinski definition) is 8. The van der Waals surface area contributed by atoms with Gasteiger partial charge in [-0.05, 0) is 45.0 Å². The van der Waals surface area contributed by atoms with Gasteiger partial charge in [0.2, 0.25) is 0 Å². The number of esters is 1. The van der Waals surface area contributed by atoms with E-state index >= 15 is 0 Å². The Morgan fingerprint density at radius 1 is 1.27 bits per heavy atom. The molecule has 11 heteroatoms. The van der Waals surface area contributed by atoms with Gasteiger partial charge in [0.05, 0.1) is 18.2 Å². The first-order valence-electron chi connectivity index (χ1n) is 9.05. The number of halogens is 2. The number of hydrogen-bond donors (Lipinski definition) is 1. The summed E-state index contributed by atoms with van der Waals surface area (Å²) in [6.07, 6.45) is -0.417. The minimum Gasteiger partial charge on any atom is -0.504 e. The third-order valence-corrected chi connectivity index (χ3v) is 5.65. The summed E-state index contributed by atoms with van der Waals surface area (Å²) in [5.41, 5.74) is 0.287. The summed E-state index contributed by atoms with van der Waals surface area (Å²) in [6.45, 7) is 4.92. The quantitative estimate of drug-likeness (QED) is 0.398. The Bertz CT molecular complexity index is 933. The highest BCUT2D eigenvalue weighted by Crippen LogP contribution is 2.48. The van der Waals surface area contributed by atoms with E-state index in [1.54, 1.807) is 13.8 Å². The molecule has 1 heterocycles. The van der Waals surface area contributed by atoms with Crippen LogP contribution in [0.5, 0.6) is 11.5 Å². The number of phenols is 1. The van der Waals surface area contributed by atoms with Gasteiger partial charge >= 0.3 is 13.6 Å². The maximum Gasteiger partial charge on any atom is 0.367 e. The fraction of sp³-hybridized carbons (Fsp3) is 0.368. The van der Waals surface area contributed by atoms with Crippen LogP contribution in [0.1, 0.15) is 20.8 Å². The zero-order chi connectivity index (χ0) is 22.3. The molecule has 0 bridgehead atoms. The molecule has 0 amide bonds. The molecule has 164 valence electrons. The van der Waals surface area contributed by atoms with Crippen molar-refractivity contribution < 1.29 is 37.4 Å². The lowest BCUT2D eigenvalue weighted by molar-refractivity contribution is -0.149. The highest BCUT2D eigenvalue weighted by Gasteiger charge is 2.28. The van der Waals surface area contributed by atoms with Gasteiger partial charge in [0.1, 0.15) is 5.69 Å². The summed E-state index contributed by atoms with van der Waals surface area (Å²) in [5, 5.41) is 10.3. The molecule has 8 nitrogen and oxygen atoms in total. The average molecular weight is 462 g/mol. The largest absolute Gasteiger partial charge is 0.504 e. The number of carbonyl (C=O) groups excluding carboxylic acids is 1. The molecule has 1 aromatic carbocycles. The molecule has 1 unspecified atom stereocenters. The maximum atomic E-state index is 14.0. The molecule has 0 aliphatic carbocycles. The Labute approximate surface area is 178 Å². The van der Waals surface area contributed by atoms with Crippen LogP contribution in [0.3, 0.4) is 0 Å². The van der Waals surface area contributed by atoms with Crippen LogP contribution in [0.4, 0.5) is 4.39 Å². The van der Waals surface area contributed by atoms with Crippen molar-refractivity contribution in [2.24, 2.45) is 0 Å². The topological polar surface area (TPSA) is 104 Å². The van der Waals surface area contributed by atoms with Crippen LogP contribution in [0.25, 0.3) is 11.3 Å². The van der Waals surface area contributed by atoms with Crippen LogP contribution in [0.15, 0.2) is 30.5 Å². The van der Waals surface area contributed by atoms with Crippen molar-refractivity contribution in [3.63, 3.8) is 0 Å². The van der Waals surface area contributed by atoms with Crippen LogP contribution in [-0.2, 0) is 23.1 Å². The minimum absolute atomic E-state index is 0.00342. The molecule has 2 rings (SSSR count). The Balaban J connectivity index is 2.05. The van der Waals surface area contributed by atoms with Crippen LogP contribution in [0.2, 0.25) is 5.02 Å². The Kier molecular flexibility index (Phi) is 8.61. The number of aromatic hydroxyl groups is 1. The van der Waals surface area contributed by atoms with Gasteiger partial charge in [-0.3, -0.25) is 9.55 Å². The lowest BCUT2D eigenvalue weighted by atomic mass is 10.1. The molecule has 0 saturated carbocycles. The van der Waals surface area contributed by atoms with Crippen molar-refractivity contribution in [1.29, 1.82) is 0 Å². The SMILES string of the molecule is CCOP(=O)(COC(=O)C(C)Oc1ccc(-c2ncc(Cl)cc2F)cc1O)OCC. The number of carbonyl (C=O) groups is 1. The molecule has 0 radical (unpaired) electrons. The maximum absolute atomic E-state index is 14.0. The van der Waals surface area contributed by atoms with Gasteiger partial charge in [-0.15, -0.1) is 0 Å². The van der Waals surface area contributed by atoms with E-state index in [-0.39, 0.29) is 35.4 Å². The predicted molar refractivity (Wildman–Crippen MR) is 108 cm³/mol. The third kappa shape index (κ3) is 6.40. The number of phenolic OH excluding ortho intramolecular Hbond substituents is 1. The van der Waals surface area contributed by atoms with Gasteiger partial charge in [0.15, 0.2) is 29.8 Å². The molecule has 0 spiro atoms. The molecule has 2 aromatic rings. The molecule has 0 aliphatic rings. The summed E-state index contributed by atoms with van der Waals surface area (Å²) < 4.78 is 46.8. The molecular formula is C19H22ClFNO7P. The van der Waals surface area contributed by atoms with Crippen LogP contribution in [-0.4, -0.2) is 41.7 Å². The zero-order valence-electron chi connectivity index (χ0n) is 16.6. The van der Waals surface area contributed by atoms with Gasteiger partial charge < -0.3 is 23.6 Å². The molecule has 1 N–H and O–H groups in total. The summed E-state index contributed by atoms with van der Waals surface area (Å²) in [4.78, 5) is 16.0. The lowest BCUT2D eigenvalue weighted by Gasteiger charge is -2.19. The minimum atomic E-state index is -3.55. The number of nitrogens with zero attached hydrogens (tertiary/aromatic N) is 1. The monoisotopic (exact) mass is 461 g/mol. The molecule has 1 aromatic heterocycles. The van der Waals surface area contributed by atoms with E-state index < -0.39 is 31.8 Å². The second-order valence-electron chi connectivity index (χ2n) is 5.97. The molecule has 30 heavy (non-hydrogen) atoms. The van der Waals surface area contributed by atoms with E-state index in [1.165, 1.54) is 31.3 Å². The predicted octanol–water partition coefficient (Wildman–Crippen LogP) is 4.78. The van der Waals surface area contributed by atoms with Gasteiger partial charge in [0, 0.05) is 11.8 Å². The van der Waals surface area contributed by atoms with Crippen molar-refractivity contribution in [2.45, 2.75) is 26.9 Å². The van der Waals surface area contributed by atoms with Crippen molar-refractivity contribution in [3.8, 4) is 22.8 Å². The summed E-state index contributed by atoms with van der Waals surface area (Å²) in [6, 6.07) is 5.16. The van der Waals surface area contributed by atoms with Crippen LogP contribution >= 0.6 is 19.2 Å². The van der Waals surface area contributed by atoms with Gasteiger partial charge in [-0.2, -0.15) is 0 Å². The second kappa shape index (κ2) is 10.7.